The van der Waals surface area contributed by atoms with Crippen molar-refractivity contribution >= 4 is 13.4 Å². The largest absolute Gasteiger partial charge is 0.381 e. The van der Waals surface area contributed by atoms with Crippen LogP contribution < -0.4 is 0 Å². The van der Waals surface area contributed by atoms with Crippen molar-refractivity contribution in [3.05, 3.63) is 12.2 Å². The highest BCUT2D eigenvalue weighted by atomic mass is 31.1. The Morgan fingerprint density at radius 2 is 2.17 bits per heavy atom. The molecule has 0 spiro atoms. The van der Waals surface area contributed by atoms with E-state index in [-0.39, 0.29) is 5.52 Å². The number of allylic oxidation sites excluding steroid dienone is 1. The van der Waals surface area contributed by atoms with Crippen LogP contribution in [0.25, 0.3) is 0 Å². The number of carbonyl (C=O) groups excluding carboxylic acids is 1. The smallest absolute Gasteiger partial charge is 0.179 e. The van der Waals surface area contributed by atoms with Crippen LogP contribution in [0.3, 0.4) is 0 Å². The van der Waals surface area contributed by atoms with Gasteiger partial charge >= 0.3 is 0 Å². The molecule has 0 N–H and O–H groups in total. The Labute approximate surface area is 75.7 Å². The second-order valence-electron chi connectivity index (χ2n) is 2.70. The van der Waals surface area contributed by atoms with Crippen molar-refractivity contribution in [2.24, 2.45) is 0 Å². The molecule has 0 aromatic rings. The molecule has 0 amide bonds. The van der Waals surface area contributed by atoms with Gasteiger partial charge in [0.05, 0.1) is 6.61 Å². The van der Waals surface area contributed by atoms with Crippen LogP contribution in [0.5, 0.6) is 0 Å². The molecule has 0 aromatic carbocycles. The van der Waals surface area contributed by atoms with Gasteiger partial charge in [-0.05, 0) is 40.2 Å². The van der Waals surface area contributed by atoms with Crippen LogP contribution in [-0.4, -0.2) is 31.6 Å². The van der Waals surface area contributed by atoms with Gasteiger partial charge in [0, 0.05) is 6.61 Å². The van der Waals surface area contributed by atoms with Gasteiger partial charge < -0.3 is 4.74 Å². The Morgan fingerprint density at radius 3 is 2.58 bits per heavy atom. The molecule has 1 unspecified atom stereocenters. The van der Waals surface area contributed by atoms with Crippen molar-refractivity contribution < 1.29 is 9.53 Å². The summed E-state index contributed by atoms with van der Waals surface area (Å²) < 4.78 is 5.17. The van der Waals surface area contributed by atoms with E-state index in [2.05, 4.69) is 6.58 Å². The lowest BCUT2D eigenvalue weighted by atomic mass is 10.4. The van der Waals surface area contributed by atoms with Gasteiger partial charge in [0.25, 0.3) is 0 Å². The van der Waals surface area contributed by atoms with Gasteiger partial charge in [-0.1, -0.05) is 6.58 Å². The Morgan fingerprint density at radius 1 is 1.58 bits per heavy atom. The van der Waals surface area contributed by atoms with Gasteiger partial charge in [-0.3, -0.25) is 4.79 Å². The molecule has 2 nitrogen and oxygen atoms in total. The molecule has 3 heteroatoms. The molecule has 0 saturated carbocycles. The van der Waals surface area contributed by atoms with E-state index in [9.17, 15) is 4.79 Å². The summed E-state index contributed by atoms with van der Waals surface area (Å²) in [6.45, 7) is 10.7. The molecule has 0 aromatic heterocycles. The first-order valence-corrected chi connectivity index (χ1v) is 6.05. The van der Waals surface area contributed by atoms with E-state index >= 15 is 0 Å². The Hall–Kier alpha value is -0.200. The van der Waals surface area contributed by atoms with Crippen molar-refractivity contribution in [1.82, 2.24) is 0 Å². The standard InChI is InChI=1S/C9H17O2P/c1-5-11-6-7-12(4)9(10)8(2)3/h2,5-7H2,1,3-4H3. The topological polar surface area (TPSA) is 26.3 Å². The molecule has 70 valence electrons. The minimum Gasteiger partial charge on any atom is -0.381 e. The number of hydrogen-bond donors (Lipinski definition) is 0. The van der Waals surface area contributed by atoms with Crippen LogP contribution in [0.15, 0.2) is 12.2 Å². The van der Waals surface area contributed by atoms with E-state index < -0.39 is 7.92 Å². The number of ether oxygens (including phenoxy) is 1. The van der Waals surface area contributed by atoms with Gasteiger partial charge in [-0.15, -0.1) is 0 Å². The third kappa shape index (κ3) is 4.63. The molecule has 0 radical (unpaired) electrons. The van der Waals surface area contributed by atoms with Gasteiger partial charge in [-0.25, -0.2) is 0 Å². The van der Waals surface area contributed by atoms with Crippen molar-refractivity contribution in [3.8, 4) is 0 Å². The van der Waals surface area contributed by atoms with Gasteiger partial charge in [-0.2, -0.15) is 0 Å². The zero-order valence-electron chi connectivity index (χ0n) is 8.09. The Kier molecular flexibility index (Phi) is 6.23. The number of carbonyl (C=O) groups is 1. The summed E-state index contributed by atoms with van der Waals surface area (Å²) in [6.07, 6.45) is 0.856. The predicted molar refractivity (Wildman–Crippen MR) is 54.0 cm³/mol. The van der Waals surface area contributed by atoms with Gasteiger partial charge in [0.2, 0.25) is 0 Å². The van der Waals surface area contributed by atoms with Crippen molar-refractivity contribution in [2.45, 2.75) is 13.8 Å². The second kappa shape index (κ2) is 6.33. The van der Waals surface area contributed by atoms with Crippen LogP contribution in [-0.2, 0) is 9.53 Å². The van der Waals surface area contributed by atoms with Crippen LogP contribution >= 0.6 is 7.92 Å². The molecule has 12 heavy (non-hydrogen) atoms. The zero-order valence-corrected chi connectivity index (χ0v) is 8.99. The average Bonchev–Trinajstić information content (AvgIpc) is 2.03. The van der Waals surface area contributed by atoms with E-state index in [1.165, 1.54) is 0 Å². The molecular formula is C9H17O2P. The summed E-state index contributed by atoms with van der Waals surface area (Å²) in [5.74, 6) is 0. The van der Waals surface area contributed by atoms with Gasteiger partial charge in [0.15, 0.2) is 5.52 Å². The Bertz CT molecular complexity index is 166. The Balaban J connectivity index is 3.64. The maximum atomic E-state index is 11.3. The third-order valence-electron chi connectivity index (χ3n) is 1.49. The fourth-order valence-corrected chi connectivity index (χ4v) is 2.03. The molecule has 0 aliphatic heterocycles. The summed E-state index contributed by atoms with van der Waals surface area (Å²) in [4.78, 5) is 11.3. The van der Waals surface area contributed by atoms with E-state index in [0.29, 0.717) is 12.2 Å². The molecular weight excluding hydrogens is 171 g/mol. The summed E-state index contributed by atoms with van der Waals surface area (Å²) in [7, 11) is -0.556. The molecule has 0 heterocycles. The SMILES string of the molecule is C=C(C)C(=O)P(C)CCOCC. The predicted octanol–water partition coefficient (Wildman–Crippen LogP) is 2.24. The molecule has 0 aliphatic rings. The van der Waals surface area contributed by atoms with E-state index in [4.69, 9.17) is 4.74 Å². The normalized spacial score (nSPS) is 12.6. The molecule has 0 aliphatic carbocycles. The molecule has 0 rings (SSSR count). The first kappa shape index (κ1) is 11.8. The lowest BCUT2D eigenvalue weighted by Crippen LogP contribution is -2.04. The number of rotatable bonds is 6. The minimum absolute atomic E-state index is 0.213. The molecule has 0 fully saturated rings. The van der Waals surface area contributed by atoms with Gasteiger partial charge in [0.1, 0.15) is 0 Å². The summed E-state index contributed by atoms with van der Waals surface area (Å²) in [5, 5.41) is 0. The first-order valence-electron chi connectivity index (χ1n) is 4.08. The fourth-order valence-electron chi connectivity index (χ4n) is 0.773. The average molecular weight is 188 g/mol. The van der Waals surface area contributed by atoms with Crippen molar-refractivity contribution in [3.63, 3.8) is 0 Å². The van der Waals surface area contributed by atoms with Crippen LogP contribution in [0, 0.1) is 0 Å². The quantitative estimate of drug-likeness (QED) is 0.363. The fraction of sp³-hybridized carbons (Fsp3) is 0.667. The van der Waals surface area contributed by atoms with Crippen molar-refractivity contribution in [1.29, 1.82) is 0 Å². The second-order valence-corrected chi connectivity index (χ2v) is 4.95. The highest BCUT2D eigenvalue weighted by molar-refractivity contribution is 7.74. The van der Waals surface area contributed by atoms with Crippen LogP contribution in [0.2, 0.25) is 0 Å². The lowest BCUT2D eigenvalue weighted by Gasteiger charge is -2.09. The summed E-state index contributed by atoms with van der Waals surface area (Å²) in [5.41, 5.74) is 0.879. The van der Waals surface area contributed by atoms with Crippen LogP contribution in [0.4, 0.5) is 0 Å². The van der Waals surface area contributed by atoms with Crippen molar-refractivity contribution in [2.75, 3.05) is 26.0 Å². The molecule has 0 saturated heterocycles. The zero-order chi connectivity index (χ0) is 9.56. The minimum atomic E-state index is -0.556. The number of hydrogen-bond acceptors (Lipinski definition) is 2. The molecule has 1 atom stereocenters. The van der Waals surface area contributed by atoms with Crippen LogP contribution in [0.1, 0.15) is 13.8 Å². The highest BCUT2D eigenvalue weighted by Gasteiger charge is 2.11. The monoisotopic (exact) mass is 188 g/mol. The third-order valence-corrected chi connectivity index (χ3v) is 3.42. The molecule has 0 bridgehead atoms. The summed E-state index contributed by atoms with van der Waals surface area (Å²) >= 11 is 0. The maximum absolute atomic E-state index is 11.3. The first-order chi connectivity index (χ1) is 5.59. The highest BCUT2D eigenvalue weighted by Crippen LogP contribution is 2.33. The maximum Gasteiger partial charge on any atom is 0.179 e. The van der Waals surface area contributed by atoms with E-state index in [1.54, 1.807) is 6.92 Å². The van der Waals surface area contributed by atoms with E-state index in [0.717, 1.165) is 12.8 Å². The van der Waals surface area contributed by atoms with E-state index in [1.807, 2.05) is 13.6 Å². The lowest BCUT2D eigenvalue weighted by molar-refractivity contribution is -0.108. The summed E-state index contributed by atoms with van der Waals surface area (Å²) in [6, 6.07) is 0.